The van der Waals surface area contributed by atoms with Crippen LogP contribution in [0.15, 0.2) is 48.5 Å². The summed E-state index contributed by atoms with van der Waals surface area (Å²) in [5.41, 5.74) is 7.11. The van der Waals surface area contributed by atoms with Crippen molar-refractivity contribution in [1.82, 2.24) is 0 Å². The van der Waals surface area contributed by atoms with Crippen molar-refractivity contribution in [2.24, 2.45) is 5.73 Å². The van der Waals surface area contributed by atoms with Crippen LogP contribution in [0.25, 0.3) is 0 Å². The van der Waals surface area contributed by atoms with Crippen LogP contribution < -0.4 is 11.1 Å². The summed E-state index contributed by atoms with van der Waals surface area (Å²) in [4.78, 5) is 22.8. The molecule has 2 rings (SSSR count). The van der Waals surface area contributed by atoms with E-state index in [1.54, 1.807) is 48.5 Å². The number of aliphatic hydroxyl groups excluding tert-OH is 1. The van der Waals surface area contributed by atoms with Gasteiger partial charge in [0.15, 0.2) is 0 Å². The quantitative estimate of drug-likeness (QED) is 0.758. The van der Waals surface area contributed by atoms with Gasteiger partial charge in [0.25, 0.3) is 0 Å². The summed E-state index contributed by atoms with van der Waals surface area (Å²) in [5, 5.41) is 13.3. The zero-order chi connectivity index (χ0) is 16.8. The first kappa shape index (κ1) is 17.0. The van der Waals surface area contributed by atoms with Crippen molar-refractivity contribution in [3.05, 3.63) is 64.7 Å². The molecular weight excluding hydrogens is 316 g/mol. The van der Waals surface area contributed by atoms with Gasteiger partial charge in [-0.05, 0) is 35.4 Å². The van der Waals surface area contributed by atoms with Gasteiger partial charge in [0.2, 0.25) is 11.8 Å². The van der Waals surface area contributed by atoms with Gasteiger partial charge in [-0.2, -0.15) is 0 Å². The van der Waals surface area contributed by atoms with Gasteiger partial charge < -0.3 is 16.2 Å². The lowest BCUT2D eigenvalue weighted by Gasteiger charge is -2.11. The highest BCUT2D eigenvalue weighted by atomic mass is 35.5. The van der Waals surface area contributed by atoms with E-state index < -0.39 is 12.0 Å². The fourth-order valence-electron chi connectivity index (χ4n) is 2.10. The number of carbonyl (C=O) groups is 2. The van der Waals surface area contributed by atoms with Gasteiger partial charge >= 0.3 is 0 Å². The van der Waals surface area contributed by atoms with E-state index in [1.807, 2.05) is 0 Å². The Morgan fingerprint density at radius 1 is 1.09 bits per heavy atom. The molecule has 0 saturated heterocycles. The van der Waals surface area contributed by atoms with E-state index in [9.17, 15) is 14.7 Å². The smallest absolute Gasteiger partial charge is 0.227 e. The Hall–Kier alpha value is -2.37. The van der Waals surface area contributed by atoms with Gasteiger partial charge in [-0.3, -0.25) is 9.59 Å². The minimum atomic E-state index is -0.901. The van der Waals surface area contributed by atoms with Crippen LogP contribution >= 0.6 is 11.6 Å². The number of hydrogen-bond donors (Lipinski definition) is 3. The van der Waals surface area contributed by atoms with Gasteiger partial charge in [0, 0.05) is 10.7 Å². The van der Waals surface area contributed by atoms with Crippen LogP contribution in [0.4, 0.5) is 5.69 Å². The minimum absolute atomic E-state index is 0.0648. The highest BCUT2D eigenvalue weighted by Gasteiger charge is 2.13. The Kier molecular flexibility index (Phi) is 5.73. The average molecular weight is 333 g/mol. The molecule has 4 N–H and O–H groups in total. The van der Waals surface area contributed by atoms with Crippen LogP contribution in [-0.4, -0.2) is 16.9 Å². The minimum Gasteiger partial charge on any atom is -0.388 e. The molecule has 0 aliphatic carbocycles. The summed E-state index contributed by atoms with van der Waals surface area (Å²) in [6.45, 7) is 0. The van der Waals surface area contributed by atoms with Crippen LogP contribution in [0, 0.1) is 0 Å². The fourth-order valence-corrected chi connectivity index (χ4v) is 2.22. The Balaban J connectivity index is 1.91. The van der Waals surface area contributed by atoms with E-state index in [-0.39, 0.29) is 18.7 Å². The number of carbonyl (C=O) groups excluding carboxylic acids is 2. The Morgan fingerprint density at radius 3 is 2.26 bits per heavy atom. The molecule has 1 unspecified atom stereocenters. The number of rotatable bonds is 6. The number of aliphatic hydroxyl groups is 1. The van der Waals surface area contributed by atoms with Crippen molar-refractivity contribution >= 4 is 29.1 Å². The van der Waals surface area contributed by atoms with Crippen molar-refractivity contribution in [3.63, 3.8) is 0 Å². The number of amides is 2. The first-order chi connectivity index (χ1) is 10.9. The van der Waals surface area contributed by atoms with Crippen LogP contribution in [0.5, 0.6) is 0 Å². The summed E-state index contributed by atoms with van der Waals surface area (Å²) in [6, 6.07) is 13.5. The third-order valence-corrected chi connectivity index (χ3v) is 3.50. The van der Waals surface area contributed by atoms with Crippen molar-refractivity contribution in [1.29, 1.82) is 0 Å². The second-order valence-electron chi connectivity index (χ2n) is 5.16. The van der Waals surface area contributed by atoms with Crippen LogP contribution in [0.3, 0.4) is 0 Å². The largest absolute Gasteiger partial charge is 0.388 e. The van der Waals surface area contributed by atoms with Gasteiger partial charge in [-0.15, -0.1) is 0 Å². The molecule has 0 heterocycles. The predicted octanol–water partition coefficient (Wildman–Crippen LogP) is 2.43. The number of nitrogens with one attached hydrogen (secondary N) is 1. The molecule has 2 aromatic rings. The molecule has 0 bridgehead atoms. The molecule has 0 aliphatic heterocycles. The molecule has 1 atom stereocenters. The number of hydrogen-bond acceptors (Lipinski definition) is 3. The molecule has 0 aromatic heterocycles. The Bertz CT molecular complexity index is 684. The number of anilines is 1. The molecule has 2 aromatic carbocycles. The van der Waals surface area contributed by atoms with E-state index in [2.05, 4.69) is 5.32 Å². The topological polar surface area (TPSA) is 92.4 Å². The van der Waals surface area contributed by atoms with Crippen LogP contribution in [0.2, 0.25) is 5.02 Å². The Labute approximate surface area is 139 Å². The highest BCUT2D eigenvalue weighted by Crippen LogP contribution is 2.20. The van der Waals surface area contributed by atoms with Gasteiger partial charge in [0.1, 0.15) is 0 Å². The van der Waals surface area contributed by atoms with Gasteiger partial charge in [-0.25, -0.2) is 0 Å². The highest BCUT2D eigenvalue weighted by molar-refractivity contribution is 6.30. The molecule has 6 heteroatoms. The van der Waals surface area contributed by atoms with Gasteiger partial charge in [-0.1, -0.05) is 35.9 Å². The number of primary amides is 1. The molecular formula is C17H17ClN2O3. The van der Waals surface area contributed by atoms with Crippen molar-refractivity contribution < 1.29 is 14.7 Å². The summed E-state index contributed by atoms with van der Waals surface area (Å²) < 4.78 is 0. The lowest BCUT2D eigenvalue weighted by Crippen LogP contribution is -2.16. The molecule has 0 fully saturated rings. The first-order valence-corrected chi connectivity index (χ1v) is 7.42. The summed E-state index contributed by atoms with van der Waals surface area (Å²) in [7, 11) is 0. The molecule has 5 nitrogen and oxygen atoms in total. The molecule has 23 heavy (non-hydrogen) atoms. The standard InChI is InChI=1S/C17H17ClN2O3/c18-13-5-3-12(4-6-13)15(21)10-17(23)20-14-7-1-11(2-8-14)9-16(19)22/h1-8,15,21H,9-10H2,(H2,19,22)(H,20,23). The van der Waals surface area contributed by atoms with Crippen molar-refractivity contribution in [2.45, 2.75) is 18.9 Å². The summed E-state index contributed by atoms with van der Waals surface area (Å²) in [5.74, 6) is -0.719. The van der Waals surface area contributed by atoms with Crippen molar-refractivity contribution in [3.8, 4) is 0 Å². The number of nitrogens with two attached hydrogens (primary N) is 1. The molecule has 0 radical (unpaired) electrons. The zero-order valence-corrected chi connectivity index (χ0v) is 13.1. The maximum atomic E-state index is 12.0. The fraction of sp³-hybridized carbons (Fsp3) is 0.176. The predicted molar refractivity (Wildman–Crippen MR) is 89.0 cm³/mol. The van der Waals surface area contributed by atoms with E-state index in [4.69, 9.17) is 17.3 Å². The molecule has 0 spiro atoms. The Morgan fingerprint density at radius 2 is 1.70 bits per heavy atom. The lowest BCUT2D eigenvalue weighted by molar-refractivity contribution is -0.118. The van der Waals surface area contributed by atoms with E-state index in [1.165, 1.54) is 0 Å². The molecule has 0 saturated carbocycles. The first-order valence-electron chi connectivity index (χ1n) is 7.04. The van der Waals surface area contributed by atoms with Crippen LogP contribution in [0.1, 0.15) is 23.7 Å². The maximum absolute atomic E-state index is 12.0. The summed E-state index contributed by atoms with van der Waals surface area (Å²) in [6.07, 6.45) is -0.810. The summed E-state index contributed by atoms with van der Waals surface area (Å²) >= 11 is 5.78. The third-order valence-electron chi connectivity index (χ3n) is 3.25. The van der Waals surface area contributed by atoms with E-state index in [0.29, 0.717) is 16.3 Å². The van der Waals surface area contributed by atoms with E-state index >= 15 is 0 Å². The van der Waals surface area contributed by atoms with Crippen molar-refractivity contribution in [2.75, 3.05) is 5.32 Å². The second kappa shape index (κ2) is 7.76. The second-order valence-corrected chi connectivity index (χ2v) is 5.60. The number of benzene rings is 2. The maximum Gasteiger partial charge on any atom is 0.227 e. The molecule has 0 aliphatic rings. The lowest BCUT2D eigenvalue weighted by atomic mass is 10.1. The van der Waals surface area contributed by atoms with E-state index in [0.717, 1.165) is 5.56 Å². The zero-order valence-electron chi connectivity index (χ0n) is 12.3. The average Bonchev–Trinajstić information content (AvgIpc) is 2.49. The van der Waals surface area contributed by atoms with Crippen LogP contribution in [-0.2, 0) is 16.0 Å². The number of halogens is 1. The third kappa shape index (κ3) is 5.39. The normalized spacial score (nSPS) is 11.7. The van der Waals surface area contributed by atoms with Gasteiger partial charge in [0.05, 0.1) is 18.9 Å². The monoisotopic (exact) mass is 332 g/mol. The SMILES string of the molecule is NC(=O)Cc1ccc(NC(=O)CC(O)c2ccc(Cl)cc2)cc1. The molecule has 2 amide bonds. The molecule has 120 valence electrons.